The normalized spacial score (nSPS) is 10.2. The Kier molecular flexibility index (Phi) is 6.17. The van der Waals surface area contributed by atoms with Gasteiger partial charge in [-0.25, -0.2) is 9.37 Å². The number of hydrogen-bond acceptors (Lipinski definition) is 3. The predicted octanol–water partition coefficient (Wildman–Crippen LogP) is 1.50. The molecule has 0 bridgehead atoms. The minimum Gasteiger partial charge on any atom is -0.396 e. The van der Waals surface area contributed by atoms with E-state index in [4.69, 9.17) is 5.11 Å². The predicted molar refractivity (Wildman–Crippen MR) is 62.1 cm³/mol. The quantitative estimate of drug-likeness (QED) is 0.710. The summed E-state index contributed by atoms with van der Waals surface area (Å²) in [4.78, 5) is 15.2. The third-order valence-corrected chi connectivity index (χ3v) is 2.33. The van der Waals surface area contributed by atoms with Crippen LogP contribution in [0.4, 0.5) is 4.39 Å². The molecule has 0 saturated heterocycles. The number of hydrogen-bond donors (Lipinski definition) is 2. The summed E-state index contributed by atoms with van der Waals surface area (Å²) in [6.45, 7) is 0.787. The van der Waals surface area contributed by atoms with E-state index >= 15 is 0 Å². The Bertz CT molecular complexity index is 341. The van der Waals surface area contributed by atoms with E-state index in [0.717, 1.165) is 31.9 Å². The van der Waals surface area contributed by atoms with Crippen LogP contribution in [-0.4, -0.2) is 29.1 Å². The Morgan fingerprint density at radius 2 is 2.06 bits per heavy atom. The molecule has 0 aliphatic carbocycles. The Hall–Kier alpha value is -1.49. The van der Waals surface area contributed by atoms with Crippen LogP contribution in [0.5, 0.6) is 0 Å². The Labute approximate surface area is 99.9 Å². The number of carbonyl (C=O) groups is 1. The van der Waals surface area contributed by atoms with Crippen molar-refractivity contribution in [3.63, 3.8) is 0 Å². The summed E-state index contributed by atoms with van der Waals surface area (Å²) in [7, 11) is 0. The molecule has 0 saturated carbocycles. The fourth-order valence-corrected chi connectivity index (χ4v) is 1.39. The fourth-order valence-electron chi connectivity index (χ4n) is 1.39. The van der Waals surface area contributed by atoms with Crippen molar-refractivity contribution in [3.8, 4) is 0 Å². The van der Waals surface area contributed by atoms with Crippen molar-refractivity contribution in [3.05, 3.63) is 29.8 Å². The Balaban J connectivity index is 2.19. The van der Waals surface area contributed by atoms with E-state index in [2.05, 4.69) is 10.3 Å². The highest BCUT2D eigenvalue weighted by atomic mass is 19.1. The molecule has 0 fully saturated rings. The molecule has 17 heavy (non-hydrogen) atoms. The van der Waals surface area contributed by atoms with Crippen LogP contribution < -0.4 is 5.32 Å². The molecule has 1 amide bonds. The third-order valence-electron chi connectivity index (χ3n) is 2.33. The maximum atomic E-state index is 12.6. The second-order valence-electron chi connectivity index (χ2n) is 3.76. The Morgan fingerprint density at radius 3 is 2.71 bits per heavy atom. The first-order valence-corrected chi connectivity index (χ1v) is 5.74. The maximum absolute atomic E-state index is 12.6. The number of aromatic nitrogens is 1. The molecular weight excluding hydrogens is 223 g/mol. The van der Waals surface area contributed by atoms with Crippen molar-refractivity contribution in [2.24, 2.45) is 0 Å². The second kappa shape index (κ2) is 7.73. The lowest BCUT2D eigenvalue weighted by Gasteiger charge is -2.04. The van der Waals surface area contributed by atoms with E-state index in [0.29, 0.717) is 6.54 Å². The molecule has 0 radical (unpaired) electrons. The molecule has 0 spiro atoms. The molecule has 0 aliphatic rings. The highest BCUT2D eigenvalue weighted by Crippen LogP contribution is 2.00. The zero-order valence-electron chi connectivity index (χ0n) is 9.66. The molecule has 2 N–H and O–H groups in total. The number of nitrogens with zero attached hydrogens (tertiary/aromatic N) is 1. The van der Waals surface area contributed by atoms with Crippen molar-refractivity contribution in [2.75, 3.05) is 13.2 Å². The highest BCUT2D eigenvalue weighted by Gasteiger charge is 2.05. The molecular formula is C12H17FN2O2. The van der Waals surface area contributed by atoms with Gasteiger partial charge in [-0.15, -0.1) is 0 Å². The molecule has 1 rings (SSSR count). The molecule has 0 aliphatic heterocycles. The maximum Gasteiger partial charge on any atom is 0.269 e. The van der Waals surface area contributed by atoms with Crippen LogP contribution >= 0.6 is 0 Å². The lowest BCUT2D eigenvalue weighted by Crippen LogP contribution is -2.25. The largest absolute Gasteiger partial charge is 0.396 e. The summed E-state index contributed by atoms with van der Waals surface area (Å²) in [6.07, 6.45) is 4.62. The first-order chi connectivity index (χ1) is 8.24. The summed E-state index contributed by atoms with van der Waals surface area (Å²) >= 11 is 0. The second-order valence-corrected chi connectivity index (χ2v) is 3.76. The number of amides is 1. The van der Waals surface area contributed by atoms with Crippen LogP contribution in [0, 0.1) is 5.82 Å². The minimum atomic E-state index is -0.453. The number of carbonyl (C=O) groups excluding carboxylic acids is 1. The van der Waals surface area contributed by atoms with Crippen LogP contribution in [-0.2, 0) is 0 Å². The summed E-state index contributed by atoms with van der Waals surface area (Å²) in [5.74, 6) is -0.738. The van der Waals surface area contributed by atoms with Crippen molar-refractivity contribution >= 4 is 5.91 Å². The van der Waals surface area contributed by atoms with Gasteiger partial charge in [-0.2, -0.15) is 0 Å². The molecule has 0 atom stereocenters. The number of nitrogens with one attached hydrogen (secondary N) is 1. The number of pyridine rings is 1. The van der Waals surface area contributed by atoms with Crippen molar-refractivity contribution in [1.29, 1.82) is 0 Å². The zero-order chi connectivity index (χ0) is 12.5. The van der Waals surface area contributed by atoms with Crippen LogP contribution in [0.1, 0.15) is 36.2 Å². The van der Waals surface area contributed by atoms with Gasteiger partial charge in [-0.1, -0.05) is 12.8 Å². The van der Waals surface area contributed by atoms with E-state index in [9.17, 15) is 9.18 Å². The van der Waals surface area contributed by atoms with Gasteiger partial charge in [0.25, 0.3) is 5.91 Å². The van der Waals surface area contributed by atoms with Gasteiger partial charge < -0.3 is 10.4 Å². The van der Waals surface area contributed by atoms with Crippen LogP contribution in [0.15, 0.2) is 18.3 Å². The molecule has 1 aromatic heterocycles. The van der Waals surface area contributed by atoms with E-state index in [1.165, 1.54) is 12.1 Å². The summed E-state index contributed by atoms with van der Waals surface area (Å²) in [5.41, 5.74) is 0.224. The summed E-state index contributed by atoms with van der Waals surface area (Å²) in [5, 5.41) is 11.3. The van der Waals surface area contributed by atoms with E-state index in [1.807, 2.05) is 0 Å². The summed E-state index contributed by atoms with van der Waals surface area (Å²) < 4.78 is 12.6. The molecule has 1 aromatic rings. The summed E-state index contributed by atoms with van der Waals surface area (Å²) in [6, 6.07) is 2.57. The van der Waals surface area contributed by atoms with Crippen LogP contribution in [0.2, 0.25) is 0 Å². The van der Waals surface area contributed by atoms with Gasteiger partial charge in [0.15, 0.2) is 0 Å². The standard InChI is InChI=1S/C12H17FN2O2/c13-10-5-6-11(15-9-10)12(17)14-7-3-1-2-4-8-16/h5-6,9,16H,1-4,7-8H2,(H,14,17). The smallest absolute Gasteiger partial charge is 0.269 e. The Morgan fingerprint density at radius 1 is 1.29 bits per heavy atom. The molecule has 0 aromatic carbocycles. The highest BCUT2D eigenvalue weighted by molar-refractivity contribution is 5.92. The third kappa shape index (κ3) is 5.40. The van der Waals surface area contributed by atoms with Gasteiger partial charge in [0, 0.05) is 13.2 Å². The molecule has 1 heterocycles. The lowest BCUT2D eigenvalue weighted by molar-refractivity contribution is 0.0947. The first-order valence-electron chi connectivity index (χ1n) is 5.74. The zero-order valence-corrected chi connectivity index (χ0v) is 9.66. The van der Waals surface area contributed by atoms with Crippen molar-refractivity contribution in [2.45, 2.75) is 25.7 Å². The van der Waals surface area contributed by atoms with Gasteiger partial charge in [0.2, 0.25) is 0 Å². The molecule has 94 valence electrons. The van der Waals surface area contributed by atoms with Gasteiger partial charge in [-0.05, 0) is 25.0 Å². The van der Waals surface area contributed by atoms with Crippen LogP contribution in [0.3, 0.4) is 0 Å². The van der Waals surface area contributed by atoms with Crippen molar-refractivity contribution < 1.29 is 14.3 Å². The van der Waals surface area contributed by atoms with E-state index in [-0.39, 0.29) is 18.2 Å². The minimum absolute atomic E-state index is 0.214. The average molecular weight is 240 g/mol. The number of halogens is 1. The molecule has 4 nitrogen and oxygen atoms in total. The van der Waals surface area contributed by atoms with Crippen molar-refractivity contribution in [1.82, 2.24) is 10.3 Å². The van der Waals surface area contributed by atoms with E-state index in [1.54, 1.807) is 0 Å². The molecule has 5 heteroatoms. The van der Waals surface area contributed by atoms with Gasteiger partial charge in [0.1, 0.15) is 11.5 Å². The average Bonchev–Trinajstić information content (AvgIpc) is 2.34. The SMILES string of the molecule is O=C(NCCCCCCO)c1ccc(F)cn1. The first kappa shape index (κ1) is 13.6. The fraction of sp³-hybridized carbons (Fsp3) is 0.500. The van der Waals surface area contributed by atoms with Gasteiger partial charge in [-0.3, -0.25) is 4.79 Å². The topological polar surface area (TPSA) is 62.2 Å². The number of unbranched alkanes of at least 4 members (excludes halogenated alkanes) is 3. The molecule has 0 unspecified atom stereocenters. The van der Waals surface area contributed by atoms with Gasteiger partial charge >= 0.3 is 0 Å². The monoisotopic (exact) mass is 240 g/mol. The number of rotatable bonds is 7. The van der Waals surface area contributed by atoms with Crippen LogP contribution in [0.25, 0.3) is 0 Å². The van der Waals surface area contributed by atoms with E-state index < -0.39 is 5.82 Å². The lowest BCUT2D eigenvalue weighted by atomic mass is 10.2. The number of aliphatic hydroxyl groups is 1. The number of aliphatic hydroxyl groups excluding tert-OH is 1. The van der Waals surface area contributed by atoms with Gasteiger partial charge in [0.05, 0.1) is 6.20 Å².